The molecule has 2 aromatic heterocycles. The Hall–Kier alpha value is -3.30. The maximum Gasteiger partial charge on any atom is 0.267 e. The molecule has 0 fully saturated rings. The first kappa shape index (κ1) is 23.4. The molecule has 5 rings (SSSR count). The summed E-state index contributed by atoms with van der Waals surface area (Å²) in [4.78, 5) is 33.0. The maximum absolute atomic E-state index is 13.7. The lowest BCUT2D eigenvalue weighted by Crippen LogP contribution is -2.24. The molecule has 0 radical (unpaired) electrons. The van der Waals surface area contributed by atoms with Crippen molar-refractivity contribution in [2.24, 2.45) is 5.10 Å². The van der Waals surface area contributed by atoms with Gasteiger partial charge >= 0.3 is 0 Å². The third-order valence-electron chi connectivity index (χ3n) is 5.86. The van der Waals surface area contributed by atoms with Crippen molar-refractivity contribution in [3.8, 4) is 5.69 Å². The summed E-state index contributed by atoms with van der Waals surface area (Å²) in [5.74, 6) is -0.628. The highest BCUT2D eigenvalue weighted by Crippen LogP contribution is 2.35. The van der Waals surface area contributed by atoms with Crippen molar-refractivity contribution in [1.29, 1.82) is 0 Å². The van der Waals surface area contributed by atoms with Gasteiger partial charge in [-0.25, -0.2) is 14.8 Å². The molecule has 2 aromatic carbocycles. The number of carbonyl (C=O) groups excluding carboxylic acids is 1. The van der Waals surface area contributed by atoms with E-state index in [1.807, 2.05) is 31.2 Å². The van der Waals surface area contributed by atoms with E-state index in [1.165, 1.54) is 35.0 Å². The van der Waals surface area contributed by atoms with Gasteiger partial charge in [0.15, 0.2) is 5.16 Å². The largest absolute Gasteiger partial charge is 0.272 e. The van der Waals surface area contributed by atoms with E-state index in [0.717, 1.165) is 47.3 Å². The van der Waals surface area contributed by atoms with E-state index >= 15 is 0 Å². The average Bonchev–Trinajstić information content (AvgIpc) is 3.23. The predicted octanol–water partition coefficient (Wildman–Crippen LogP) is 5.02. The predicted molar refractivity (Wildman–Crippen MR) is 139 cm³/mol. The van der Waals surface area contributed by atoms with Crippen molar-refractivity contribution in [3.63, 3.8) is 0 Å². The number of hydrogen-bond donors (Lipinski definition) is 1. The number of hydrogen-bond acceptors (Lipinski definition) is 6. The number of thioether (sulfide) groups is 1. The summed E-state index contributed by atoms with van der Waals surface area (Å²) < 4.78 is 14.6. The molecule has 0 saturated carbocycles. The molecule has 0 spiro atoms. The van der Waals surface area contributed by atoms with Gasteiger partial charge in [0.05, 0.1) is 23.0 Å². The Bertz CT molecular complexity index is 1470. The molecular weight excluding hydrogens is 483 g/mol. The molecule has 0 aliphatic heterocycles. The second-order valence-corrected chi connectivity index (χ2v) is 10.4. The number of aryl methyl sites for hydroxylation is 3. The molecular formula is C26H23FN4O2S2. The molecule has 0 bridgehead atoms. The lowest BCUT2D eigenvalue weighted by Gasteiger charge is -2.13. The molecule has 35 heavy (non-hydrogen) atoms. The molecule has 0 unspecified atom stereocenters. The molecule has 1 aliphatic rings. The fraction of sp³-hybridized carbons (Fsp3) is 0.231. The number of hydrazone groups is 1. The quantitative estimate of drug-likeness (QED) is 0.173. The molecule has 1 N–H and O–H groups in total. The summed E-state index contributed by atoms with van der Waals surface area (Å²) in [5.41, 5.74) is 6.01. The minimum absolute atomic E-state index is 0.0374. The third-order valence-corrected chi connectivity index (χ3v) is 7.98. The van der Waals surface area contributed by atoms with E-state index in [9.17, 15) is 14.0 Å². The molecule has 2 heterocycles. The zero-order valence-electron chi connectivity index (χ0n) is 19.1. The van der Waals surface area contributed by atoms with Crippen LogP contribution < -0.4 is 11.0 Å². The normalized spacial score (nSPS) is 13.3. The molecule has 1 aliphatic carbocycles. The van der Waals surface area contributed by atoms with Crippen molar-refractivity contribution in [3.05, 3.63) is 86.3 Å². The van der Waals surface area contributed by atoms with Gasteiger partial charge in [0.25, 0.3) is 11.5 Å². The van der Waals surface area contributed by atoms with Crippen LogP contribution in [0.4, 0.5) is 4.39 Å². The summed E-state index contributed by atoms with van der Waals surface area (Å²) in [5, 5.41) is 5.12. The number of rotatable bonds is 6. The number of nitrogens with zero attached hydrogens (tertiary/aromatic N) is 3. The molecule has 178 valence electrons. The standard InChI is InChI=1S/C26H23FN4O2S2/c1-16-6-12-19(13-7-16)31-25(33)23-20-4-2-3-5-21(20)35-24(23)29-26(31)34-15-22(32)30-28-14-17-8-10-18(27)11-9-17/h6-14H,2-5,15H2,1H3,(H,30,32)/b28-14+. The second-order valence-electron chi connectivity index (χ2n) is 8.39. The van der Waals surface area contributed by atoms with Crippen LogP contribution in [0, 0.1) is 12.7 Å². The smallest absolute Gasteiger partial charge is 0.267 e. The van der Waals surface area contributed by atoms with E-state index < -0.39 is 0 Å². The van der Waals surface area contributed by atoms with Crippen LogP contribution in [-0.2, 0) is 17.6 Å². The first-order valence-corrected chi connectivity index (χ1v) is 13.1. The Labute approximate surface area is 209 Å². The Morgan fingerprint density at radius 3 is 2.69 bits per heavy atom. The fourth-order valence-corrected chi connectivity index (χ4v) is 6.20. The van der Waals surface area contributed by atoms with E-state index in [1.54, 1.807) is 28.0 Å². The SMILES string of the molecule is Cc1ccc(-n2c(SCC(=O)N/N=C/c3ccc(F)cc3)nc3sc4c(c3c2=O)CCCC4)cc1. The van der Waals surface area contributed by atoms with Crippen LogP contribution in [0.15, 0.2) is 63.6 Å². The van der Waals surface area contributed by atoms with Gasteiger partial charge in [0, 0.05) is 4.88 Å². The van der Waals surface area contributed by atoms with Crippen LogP contribution >= 0.6 is 23.1 Å². The van der Waals surface area contributed by atoms with Crippen molar-refractivity contribution in [2.75, 3.05) is 5.75 Å². The van der Waals surface area contributed by atoms with Gasteiger partial charge in [-0.05, 0) is 68.0 Å². The topological polar surface area (TPSA) is 76.3 Å². The second kappa shape index (κ2) is 10.1. The van der Waals surface area contributed by atoms with Crippen molar-refractivity contribution >= 4 is 45.4 Å². The van der Waals surface area contributed by atoms with Gasteiger partial charge in [-0.3, -0.25) is 14.2 Å². The van der Waals surface area contributed by atoms with E-state index in [-0.39, 0.29) is 23.0 Å². The van der Waals surface area contributed by atoms with Crippen LogP contribution in [0.3, 0.4) is 0 Å². The minimum atomic E-state index is -0.335. The van der Waals surface area contributed by atoms with Crippen LogP contribution in [-0.4, -0.2) is 27.4 Å². The average molecular weight is 507 g/mol. The highest BCUT2D eigenvalue weighted by Gasteiger charge is 2.23. The summed E-state index contributed by atoms with van der Waals surface area (Å²) in [6, 6.07) is 13.5. The number of fused-ring (bicyclic) bond motifs is 3. The van der Waals surface area contributed by atoms with Crippen LogP contribution in [0.25, 0.3) is 15.9 Å². The van der Waals surface area contributed by atoms with Gasteiger partial charge in [-0.1, -0.05) is 41.6 Å². The highest BCUT2D eigenvalue weighted by molar-refractivity contribution is 7.99. The van der Waals surface area contributed by atoms with Gasteiger partial charge in [0.1, 0.15) is 10.6 Å². The Morgan fingerprint density at radius 2 is 1.91 bits per heavy atom. The van der Waals surface area contributed by atoms with Crippen LogP contribution in [0.1, 0.15) is 34.4 Å². The fourth-order valence-electron chi connectivity index (χ4n) is 4.09. The van der Waals surface area contributed by atoms with Crippen molar-refractivity contribution < 1.29 is 9.18 Å². The van der Waals surface area contributed by atoms with Crippen molar-refractivity contribution in [2.45, 2.75) is 37.8 Å². The van der Waals surface area contributed by atoms with Gasteiger partial charge in [-0.15, -0.1) is 11.3 Å². The zero-order chi connectivity index (χ0) is 24.4. The number of nitrogens with one attached hydrogen (secondary N) is 1. The minimum Gasteiger partial charge on any atom is -0.272 e. The first-order valence-electron chi connectivity index (χ1n) is 11.3. The van der Waals surface area contributed by atoms with Crippen molar-refractivity contribution in [1.82, 2.24) is 15.0 Å². The van der Waals surface area contributed by atoms with Crippen LogP contribution in [0.5, 0.6) is 0 Å². The lowest BCUT2D eigenvalue weighted by molar-refractivity contribution is -0.118. The molecule has 0 atom stereocenters. The first-order chi connectivity index (χ1) is 17.0. The lowest BCUT2D eigenvalue weighted by atomic mass is 9.97. The highest BCUT2D eigenvalue weighted by atomic mass is 32.2. The number of thiophene rings is 1. The Kier molecular flexibility index (Phi) is 6.79. The number of aromatic nitrogens is 2. The van der Waals surface area contributed by atoms with E-state index in [2.05, 4.69) is 10.5 Å². The molecule has 6 nitrogen and oxygen atoms in total. The Morgan fingerprint density at radius 1 is 1.17 bits per heavy atom. The number of benzene rings is 2. The number of halogens is 1. The maximum atomic E-state index is 13.7. The van der Waals surface area contributed by atoms with Gasteiger partial charge < -0.3 is 0 Å². The summed E-state index contributed by atoms with van der Waals surface area (Å²) in [6.07, 6.45) is 5.55. The molecule has 9 heteroatoms. The Balaban J connectivity index is 1.42. The zero-order valence-corrected chi connectivity index (χ0v) is 20.7. The van der Waals surface area contributed by atoms with Gasteiger partial charge in [0.2, 0.25) is 0 Å². The van der Waals surface area contributed by atoms with E-state index in [4.69, 9.17) is 4.98 Å². The molecule has 1 amide bonds. The number of amides is 1. The summed E-state index contributed by atoms with van der Waals surface area (Å²) >= 11 is 2.79. The molecule has 0 saturated heterocycles. The van der Waals surface area contributed by atoms with Gasteiger partial charge in [-0.2, -0.15) is 5.10 Å². The molecule has 4 aromatic rings. The summed E-state index contributed by atoms with van der Waals surface area (Å²) in [7, 11) is 0. The third kappa shape index (κ3) is 5.06. The monoisotopic (exact) mass is 506 g/mol. The van der Waals surface area contributed by atoms with Crippen LogP contribution in [0.2, 0.25) is 0 Å². The van der Waals surface area contributed by atoms with E-state index in [0.29, 0.717) is 16.1 Å². The number of carbonyl (C=O) groups is 1. The summed E-state index contributed by atoms with van der Waals surface area (Å²) in [6.45, 7) is 2.00.